The van der Waals surface area contributed by atoms with E-state index in [1.165, 1.54) is 54.5 Å². The van der Waals surface area contributed by atoms with Crippen molar-refractivity contribution in [3.05, 3.63) is 58.4 Å². The van der Waals surface area contributed by atoms with Gasteiger partial charge in [-0.3, -0.25) is 19.7 Å². The summed E-state index contributed by atoms with van der Waals surface area (Å²) >= 11 is 0. The van der Waals surface area contributed by atoms with Gasteiger partial charge in [0, 0.05) is 18.7 Å². The summed E-state index contributed by atoms with van der Waals surface area (Å²) in [6, 6.07) is 9.47. The zero-order chi connectivity index (χ0) is 19.6. The number of hydrogen-bond acceptors (Lipinski definition) is 5. The number of nitrogens with one attached hydrogen (secondary N) is 1. The molecule has 0 aliphatic carbocycles. The minimum Gasteiger partial charge on any atom is -0.496 e. The van der Waals surface area contributed by atoms with E-state index in [4.69, 9.17) is 4.74 Å². The zero-order valence-corrected chi connectivity index (χ0v) is 14.3. The van der Waals surface area contributed by atoms with Crippen molar-refractivity contribution >= 4 is 28.9 Å². The van der Waals surface area contributed by atoms with Gasteiger partial charge in [0.15, 0.2) is 0 Å². The predicted octanol–water partition coefficient (Wildman–Crippen LogP) is 2.73. The van der Waals surface area contributed by atoms with Crippen LogP contribution in [0.25, 0.3) is 0 Å². The molecule has 0 saturated carbocycles. The number of carbonyl (C=O) groups is 2. The Bertz CT molecular complexity index is 900. The van der Waals surface area contributed by atoms with Gasteiger partial charge >= 0.3 is 0 Å². The Labute approximate surface area is 153 Å². The van der Waals surface area contributed by atoms with Crippen molar-refractivity contribution in [2.45, 2.75) is 6.42 Å². The number of halogens is 1. The highest BCUT2D eigenvalue weighted by Gasteiger charge is 2.35. The highest BCUT2D eigenvalue weighted by Crippen LogP contribution is 2.31. The van der Waals surface area contributed by atoms with Crippen molar-refractivity contribution in [2.24, 2.45) is 5.92 Å². The predicted molar refractivity (Wildman–Crippen MR) is 95.1 cm³/mol. The molecule has 1 heterocycles. The van der Waals surface area contributed by atoms with Crippen molar-refractivity contribution in [3.63, 3.8) is 0 Å². The SMILES string of the molecule is COc1ccc(NC(=O)[C@@H]2CC(=O)N(c3ccc(F)cc3)C2)c([N+](=O)[O-])c1. The molecule has 1 aliphatic rings. The highest BCUT2D eigenvalue weighted by atomic mass is 19.1. The zero-order valence-electron chi connectivity index (χ0n) is 14.3. The third-order valence-corrected chi connectivity index (χ3v) is 4.29. The molecule has 1 saturated heterocycles. The standard InChI is InChI=1S/C18H16FN3O5/c1-27-14-6-7-15(16(9-14)22(25)26)20-18(24)11-8-17(23)21(10-11)13-4-2-12(19)3-5-13/h2-7,9,11H,8,10H2,1H3,(H,20,24)/t11-/m1/s1. The maximum Gasteiger partial charge on any atom is 0.296 e. The van der Waals surface area contributed by atoms with E-state index in [0.717, 1.165) is 0 Å². The fourth-order valence-electron chi connectivity index (χ4n) is 2.88. The van der Waals surface area contributed by atoms with Crippen LogP contribution in [0.2, 0.25) is 0 Å². The molecular formula is C18H16FN3O5. The van der Waals surface area contributed by atoms with E-state index in [9.17, 15) is 24.1 Å². The van der Waals surface area contributed by atoms with Crippen molar-refractivity contribution in [1.82, 2.24) is 0 Å². The van der Waals surface area contributed by atoms with Gasteiger partial charge in [0.2, 0.25) is 11.8 Å². The second-order valence-electron chi connectivity index (χ2n) is 6.01. The van der Waals surface area contributed by atoms with Gasteiger partial charge in [-0.1, -0.05) is 0 Å². The second-order valence-corrected chi connectivity index (χ2v) is 6.01. The molecule has 1 aliphatic heterocycles. The third-order valence-electron chi connectivity index (χ3n) is 4.29. The minimum absolute atomic E-state index is 0.0264. The van der Waals surface area contributed by atoms with Crippen molar-refractivity contribution in [1.29, 1.82) is 0 Å². The maximum atomic E-state index is 13.0. The number of nitrogens with zero attached hydrogens (tertiary/aromatic N) is 2. The van der Waals surface area contributed by atoms with Crippen LogP contribution in [-0.4, -0.2) is 30.4 Å². The lowest BCUT2D eigenvalue weighted by molar-refractivity contribution is -0.384. The normalized spacial score (nSPS) is 16.3. The molecule has 8 nitrogen and oxygen atoms in total. The summed E-state index contributed by atoms with van der Waals surface area (Å²) in [4.78, 5) is 36.7. The fourth-order valence-corrected chi connectivity index (χ4v) is 2.88. The van der Waals surface area contributed by atoms with Gasteiger partial charge in [-0.05, 0) is 36.4 Å². The molecular weight excluding hydrogens is 357 g/mol. The summed E-state index contributed by atoms with van der Waals surface area (Å²) < 4.78 is 18.0. The van der Waals surface area contributed by atoms with Crippen molar-refractivity contribution in [2.75, 3.05) is 23.9 Å². The molecule has 0 unspecified atom stereocenters. The lowest BCUT2D eigenvalue weighted by Crippen LogP contribution is -2.28. The molecule has 0 bridgehead atoms. The molecule has 0 aromatic heterocycles. The topological polar surface area (TPSA) is 102 Å². The van der Waals surface area contributed by atoms with Crippen molar-refractivity contribution < 1.29 is 23.6 Å². The van der Waals surface area contributed by atoms with Crippen LogP contribution < -0.4 is 15.0 Å². The molecule has 27 heavy (non-hydrogen) atoms. The first-order valence-electron chi connectivity index (χ1n) is 8.08. The monoisotopic (exact) mass is 373 g/mol. The lowest BCUT2D eigenvalue weighted by Gasteiger charge is -2.16. The molecule has 9 heteroatoms. The summed E-state index contributed by atoms with van der Waals surface area (Å²) in [5.74, 6) is -1.58. The minimum atomic E-state index is -0.677. The number of benzene rings is 2. The molecule has 140 valence electrons. The van der Waals surface area contributed by atoms with Gasteiger partial charge < -0.3 is 15.0 Å². The first-order chi connectivity index (χ1) is 12.9. The van der Waals surface area contributed by atoms with Crippen LogP contribution in [0.3, 0.4) is 0 Å². The van der Waals surface area contributed by atoms with E-state index in [0.29, 0.717) is 11.4 Å². The van der Waals surface area contributed by atoms with Crippen LogP contribution >= 0.6 is 0 Å². The number of hydrogen-bond donors (Lipinski definition) is 1. The molecule has 3 rings (SSSR count). The van der Waals surface area contributed by atoms with E-state index < -0.39 is 22.6 Å². The van der Waals surface area contributed by atoms with Gasteiger partial charge in [-0.2, -0.15) is 0 Å². The van der Waals surface area contributed by atoms with Gasteiger partial charge in [0.25, 0.3) is 5.69 Å². The first kappa shape index (κ1) is 18.3. The number of anilines is 2. The molecule has 1 fully saturated rings. The summed E-state index contributed by atoms with van der Waals surface area (Å²) in [6.45, 7) is 0.111. The molecule has 2 aromatic carbocycles. The van der Waals surface area contributed by atoms with Crippen LogP contribution in [0.1, 0.15) is 6.42 Å². The Kier molecular flexibility index (Phi) is 5.02. The molecule has 1 atom stereocenters. The number of nitro groups is 1. The highest BCUT2D eigenvalue weighted by molar-refractivity contribution is 6.04. The quantitative estimate of drug-likeness (QED) is 0.641. The Hall–Kier alpha value is -3.49. The largest absolute Gasteiger partial charge is 0.496 e. The number of carbonyl (C=O) groups excluding carboxylic acids is 2. The molecule has 0 spiro atoms. The summed E-state index contributed by atoms with van der Waals surface area (Å²) in [5, 5.41) is 13.7. The Morgan fingerprint density at radius 1 is 1.30 bits per heavy atom. The second kappa shape index (κ2) is 7.40. The average Bonchev–Trinajstić information content (AvgIpc) is 3.04. The van der Waals surface area contributed by atoms with Crippen LogP contribution in [0.5, 0.6) is 5.75 Å². The van der Waals surface area contributed by atoms with Gasteiger partial charge in [0.1, 0.15) is 17.3 Å². The molecule has 2 amide bonds. The van der Waals surface area contributed by atoms with E-state index in [1.807, 2.05) is 0 Å². The van der Waals surface area contributed by atoms with E-state index in [1.54, 1.807) is 0 Å². The lowest BCUT2D eigenvalue weighted by atomic mass is 10.1. The Morgan fingerprint density at radius 3 is 2.63 bits per heavy atom. The number of methoxy groups -OCH3 is 1. The average molecular weight is 373 g/mol. The molecule has 1 N–H and O–H groups in total. The van der Waals surface area contributed by atoms with E-state index >= 15 is 0 Å². The summed E-state index contributed by atoms with van der Waals surface area (Å²) in [7, 11) is 1.38. The number of rotatable bonds is 5. The van der Waals surface area contributed by atoms with Crippen LogP contribution in [0.4, 0.5) is 21.5 Å². The molecule has 2 aromatic rings. The molecule has 0 radical (unpaired) electrons. The summed E-state index contributed by atoms with van der Waals surface area (Å²) in [6.07, 6.45) is -0.0346. The number of ether oxygens (including phenoxy) is 1. The van der Waals surface area contributed by atoms with Gasteiger partial charge in [0.05, 0.1) is 24.0 Å². The van der Waals surface area contributed by atoms with Crippen LogP contribution in [0.15, 0.2) is 42.5 Å². The number of nitro benzene ring substituents is 1. The Balaban J connectivity index is 1.75. The fraction of sp³-hybridized carbons (Fsp3) is 0.222. The van der Waals surface area contributed by atoms with Crippen molar-refractivity contribution in [3.8, 4) is 5.75 Å². The smallest absolute Gasteiger partial charge is 0.296 e. The van der Waals surface area contributed by atoms with Gasteiger partial charge in [-0.15, -0.1) is 0 Å². The number of amides is 2. The van der Waals surface area contributed by atoms with E-state index in [-0.39, 0.29) is 30.2 Å². The maximum absolute atomic E-state index is 13.0. The summed E-state index contributed by atoms with van der Waals surface area (Å²) in [5.41, 5.74) is 0.216. The van der Waals surface area contributed by atoms with Crippen LogP contribution in [0, 0.1) is 21.8 Å². The van der Waals surface area contributed by atoms with Crippen LogP contribution in [-0.2, 0) is 9.59 Å². The third kappa shape index (κ3) is 3.86. The Morgan fingerprint density at radius 2 is 2.00 bits per heavy atom. The first-order valence-corrected chi connectivity index (χ1v) is 8.08. The van der Waals surface area contributed by atoms with Gasteiger partial charge in [-0.25, -0.2) is 4.39 Å². The van der Waals surface area contributed by atoms with E-state index in [2.05, 4.69) is 5.32 Å².